The van der Waals surface area contributed by atoms with Crippen molar-refractivity contribution in [3.63, 3.8) is 0 Å². The van der Waals surface area contributed by atoms with Crippen molar-refractivity contribution in [3.8, 4) is 0 Å². The highest BCUT2D eigenvalue weighted by atomic mass is 32.2. The molecule has 4 rings (SSSR count). The third-order valence-electron chi connectivity index (χ3n) is 5.48. The predicted octanol–water partition coefficient (Wildman–Crippen LogP) is 4.09. The standard InChI is InChI=1S/C23H25N3O2S/c1-3-26-22(28)18-12-6-7-13-20(18)25-23(26)29-15(2)21(27)24-19-14-8-10-16-9-4-5-11-17(16)19/h4-7,9,11-13,15,19H,3,8,10,14H2,1-2H3,(H,24,27). The molecule has 29 heavy (non-hydrogen) atoms. The fourth-order valence-corrected chi connectivity index (χ4v) is 4.90. The Morgan fingerprint density at radius 1 is 1.24 bits per heavy atom. The summed E-state index contributed by atoms with van der Waals surface area (Å²) in [6, 6.07) is 15.7. The van der Waals surface area contributed by atoms with Gasteiger partial charge in [-0.2, -0.15) is 0 Å². The average molecular weight is 408 g/mol. The third kappa shape index (κ3) is 3.94. The van der Waals surface area contributed by atoms with Gasteiger partial charge in [-0.15, -0.1) is 0 Å². The normalized spacial score (nSPS) is 17.0. The molecule has 1 amide bonds. The maximum Gasteiger partial charge on any atom is 0.262 e. The van der Waals surface area contributed by atoms with Crippen molar-refractivity contribution in [2.75, 3.05) is 0 Å². The molecule has 2 unspecified atom stereocenters. The van der Waals surface area contributed by atoms with Gasteiger partial charge in [0, 0.05) is 6.54 Å². The fraction of sp³-hybridized carbons (Fsp3) is 0.348. The van der Waals surface area contributed by atoms with E-state index in [4.69, 9.17) is 0 Å². The van der Waals surface area contributed by atoms with Crippen molar-refractivity contribution >= 4 is 28.6 Å². The van der Waals surface area contributed by atoms with Gasteiger partial charge < -0.3 is 5.32 Å². The lowest BCUT2D eigenvalue weighted by Crippen LogP contribution is -2.36. The number of aromatic nitrogens is 2. The number of fused-ring (bicyclic) bond motifs is 2. The molecule has 0 bridgehead atoms. The molecule has 0 radical (unpaired) electrons. The SMILES string of the molecule is CCn1c(SC(C)C(=O)NC2CCCc3ccccc32)nc2ccccc2c1=O. The van der Waals surface area contributed by atoms with Crippen LogP contribution in [0.1, 0.15) is 43.9 Å². The van der Waals surface area contributed by atoms with Crippen LogP contribution in [0.15, 0.2) is 58.5 Å². The summed E-state index contributed by atoms with van der Waals surface area (Å²) in [5.74, 6) is -0.0261. The molecule has 2 atom stereocenters. The number of carbonyl (C=O) groups excluding carboxylic acids is 1. The lowest BCUT2D eigenvalue weighted by atomic mass is 9.88. The minimum atomic E-state index is -0.352. The summed E-state index contributed by atoms with van der Waals surface area (Å²) in [4.78, 5) is 30.4. The molecule has 1 aromatic heterocycles. The second kappa shape index (κ2) is 8.41. The maximum atomic E-state index is 12.9. The van der Waals surface area contributed by atoms with Crippen LogP contribution < -0.4 is 10.9 Å². The second-order valence-electron chi connectivity index (χ2n) is 7.37. The zero-order valence-corrected chi connectivity index (χ0v) is 17.5. The topological polar surface area (TPSA) is 64.0 Å². The van der Waals surface area contributed by atoms with E-state index in [0.29, 0.717) is 22.6 Å². The molecule has 1 aliphatic rings. The zero-order valence-electron chi connectivity index (χ0n) is 16.7. The summed E-state index contributed by atoms with van der Waals surface area (Å²) >= 11 is 1.34. The van der Waals surface area contributed by atoms with E-state index in [1.165, 1.54) is 22.9 Å². The van der Waals surface area contributed by atoms with Gasteiger partial charge in [0.2, 0.25) is 5.91 Å². The number of nitrogens with zero attached hydrogens (tertiary/aromatic N) is 2. The van der Waals surface area contributed by atoms with Crippen LogP contribution in [0, 0.1) is 0 Å². The molecule has 0 fully saturated rings. The van der Waals surface area contributed by atoms with Gasteiger partial charge in [0.1, 0.15) is 0 Å². The lowest BCUT2D eigenvalue weighted by molar-refractivity contribution is -0.121. The van der Waals surface area contributed by atoms with Crippen LogP contribution in [0.25, 0.3) is 10.9 Å². The summed E-state index contributed by atoms with van der Waals surface area (Å²) < 4.78 is 1.65. The van der Waals surface area contributed by atoms with Crippen LogP contribution in [-0.2, 0) is 17.8 Å². The molecule has 0 spiro atoms. The van der Waals surface area contributed by atoms with E-state index in [0.717, 1.165) is 19.3 Å². The lowest BCUT2D eigenvalue weighted by Gasteiger charge is -2.27. The van der Waals surface area contributed by atoms with Gasteiger partial charge >= 0.3 is 0 Å². The molecular formula is C23H25N3O2S. The van der Waals surface area contributed by atoms with E-state index >= 15 is 0 Å². The average Bonchev–Trinajstić information content (AvgIpc) is 2.74. The van der Waals surface area contributed by atoms with Gasteiger partial charge in [-0.25, -0.2) is 4.98 Å². The second-order valence-corrected chi connectivity index (χ2v) is 8.68. The molecule has 2 aromatic carbocycles. The first kappa shape index (κ1) is 19.7. The summed E-state index contributed by atoms with van der Waals surface area (Å²) in [6.07, 6.45) is 3.09. The number of hydrogen-bond acceptors (Lipinski definition) is 4. The van der Waals surface area contributed by atoms with Crippen LogP contribution in [0.3, 0.4) is 0 Å². The van der Waals surface area contributed by atoms with Gasteiger partial charge in [-0.05, 0) is 56.4 Å². The Balaban J connectivity index is 1.55. The Labute approximate surface area is 174 Å². The predicted molar refractivity (Wildman–Crippen MR) is 117 cm³/mol. The van der Waals surface area contributed by atoms with Crippen molar-refractivity contribution in [2.45, 2.75) is 56.1 Å². The maximum absolute atomic E-state index is 12.9. The number of para-hydroxylation sites is 1. The van der Waals surface area contributed by atoms with Crippen molar-refractivity contribution in [3.05, 3.63) is 70.0 Å². The number of aryl methyl sites for hydroxylation is 1. The van der Waals surface area contributed by atoms with Crippen LogP contribution in [0.5, 0.6) is 0 Å². The molecule has 150 valence electrons. The van der Waals surface area contributed by atoms with Crippen LogP contribution in [-0.4, -0.2) is 20.7 Å². The molecule has 0 saturated carbocycles. The minimum Gasteiger partial charge on any atom is -0.348 e. The summed E-state index contributed by atoms with van der Waals surface area (Å²) in [6.45, 7) is 4.31. The number of carbonyl (C=O) groups is 1. The molecule has 3 aromatic rings. The molecule has 0 saturated heterocycles. The first-order chi connectivity index (χ1) is 14.1. The molecule has 0 aliphatic heterocycles. The number of nitrogens with one attached hydrogen (secondary N) is 1. The highest BCUT2D eigenvalue weighted by Gasteiger charge is 2.25. The zero-order chi connectivity index (χ0) is 20.4. The van der Waals surface area contributed by atoms with Crippen molar-refractivity contribution in [1.29, 1.82) is 0 Å². The Morgan fingerprint density at radius 3 is 2.83 bits per heavy atom. The summed E-state index contributed by atoms with van der Waals surface area (Å²) in [5.41, 5.74) is 3.15. The van der Waals surface area contributed by atoms with Gasteiger partial charge in [-0.1, -0.05) is 48.2 Å². The first-order valence-corrected chi connectivity index (χ1v) is 11.0. The van der Waals surface area contributed by atoms with Gasteiger partial charge in [0.25, 0.3) is 5.56 Å². The summed E-state index contributed by atoms with van der Waals surface area (Å²) in [7, 11) is 0. The van der Waals surface area contributed by atoms with E-state index in [1.807, 2.05) is 38.1 Å². The van der Waals surface area contributed by atoms with E-state index in [-0.39, 0.29) is 22.8 Å². The van der Waals surface area contributed by atoms with Gasteiger partial charge in [-0.3, -0.25) is 14.2 Å². The number of hydrogen-bond donors (Lipinski definition) is 1. The molecule has 6 heteroatoms. The minimum absolute atomic E-state index is 0.0261. The van der Waals surface area contributed by atoms with Crippen molar-refractivity contribution in [1.82, 2.24) is 14.9 Å². The van der Waals surface area contributed by atoms with E-state index in [1.54, 1.807) is 10.6 Å². The molecule has 1 heterocycles. The monoisotopic (exact) mass is 407 g/mol. The number of amides is 1. The van der Waals surface area contributed by atoms with Gasteiger partial charge in [0.05, 0.1) is 22.2 Å². The largest absolute Gasteiger partial charge is 0.348 e. The highest BCUT2D eigenvalue weighted by molar-refractivity contribution is 8.00. The Kier molecular flexibility index (Phi) is 5.72. The van der Waals surface area contributed by atoms with Crippen LogP contribution in [0.2, 0.25) is 0 Å². The van der Waals surface area contributed by atoms with Crippen molar-refractivity contribution in [2.24, 2.45) is 0 Å². The first-order valence-electron chi connectivity index (χ1n) is 10.1. The number of thioether (sulfide) groups is 1. The quantitative estimate of drug-likeness (QED) is 0.511. The van der Waals surface area contributed by atoms with E-state index in [2.05, 4.69) is 28.5 Å². The molecule has 1 aliphatic carbocycles. The molecule has 5 nitrogen and oxygen atoms in total. The molecule has 1 N–H and O–H groups in total. The Hall–Kier alpha value is -2.60. The summed E-state index contributed by atoms with van der Waals surface area (Å²) in [5, 5.41) is 4.05. The number of benzene rings is 2. The van der Waals surface area contributed by atoms with Gasteiger partial charge in [0.15, 0.2) is 5.16 Å². The van der Waals surface area contributed by atoms with Crippen molar-refractivity contribution < 1.29 is 4.79 Å². The van der Waals surface area contributed by atoms with E-state index in [9.17, 15) is 9.59 Å². The Bertz CT molecular complexity index is 1110. The fourth-order valence-electron chi connectivity index (χ4n) is 3.92. The smallest absolute Gasteiger partial charge is 0.262 e. The third-order valence-corrected chi connectivity index (χ3v) is 6.57. The highest BCUT2D eigenvalue weighted by Crippen LogP contribution is 2.30. The van der Waals surface area contributed by atoms with E-state index < -0.39 is 0 Å². The van der Waals surface area contributed by atoms with Crippen LogP contribution in [0.4, 0.5) is 0 Å². The number of rotatable bonds is 5. The molecular weight excluding hydrogens is 382 g/mol. The Morgan fingerprint density at radius 2 is 2.00 bits per heavy atom. The van der Waals surface area contributed by atoms with Crippen LogP contribution >= 0.6 is 11.8 Å².